The first-order chi connectivity index (χ1) is 16.4. The highest BCUT2D eigenvalue weighted by Crippen LogP contribution is 2.27. The molecule has 3 aromatic rings. The van der Waals surface area contributed by atoms with Crippen molar-refractivity contribution in [1.29, 1.82) is 5.26 Å². The minimum absolute atomic E-state index is 0.0587. The summed E-state index contributed by atoms with van der Waals surface area (Å²) in [6.07, 6.45) is 2.29. The number of benzene rings is 2. The highest BCUT2D eigenvalue weighted by atomic mass is 16.5. The van der Waals surface area contributed by atoms with Crippen LogP contribution in [-0.4, -0.2) is 29.2 Å². The van der Waals surface area contributed by atoms with Crippen LogP contribution in [0.5, 0.6) is 17.4 Å². The van der Waals surface area contributed by atoms with Gasteiger partial charge in [0.2, 0.25) is 5.88 Å². The lowest BCUT2D eigenvalue weighted by Crippen LogP contribution is -2.27. The Kier molecular flexibility index (Phi) is 8.10. The fourth-order valence-electron chi connectivity index (χ4n) is 3.67. The van der Waals surface area contributed by atoms with Gasteiger partial charge in [-0.2, -0.15) is 5.26 Å². The molecule has 0 radical (unpaired) electrons. The number of pyridine rings is 1. The van der Waals surface area contributed by atoms with Gasteiger partial charge in [-0.3, -0.25) is 14.2 Å². The van der Waals surface area contributed by atoms with E-state index in [2.05, 4.69) is 6.92 Å². The number of ketones is 1. The molecule has 0 aliphatic rings. The van der Waals surface area contributed by atoms with Crippen molar-refractivity contribution in [2.45, 2.75) is 39.7 Å². The van der Waals surface area contributed by atoms with Gasteiger partial charge in [0.15, 0.2) is 5.78 Å². The molecular weight excluding hydrogens is 432 g/mol. The Morgan fingerprint density at radius 3 is 2.53 bits per heavy atom. The fourth-order valence-corrected chi connectivity index (χ4v) is 3.67. The van der Waals surface area contributed by atoms with Crippen LogP contribution < -0.4 is 15.0 Å². The number of aromatic nitrogens is 1. The van der Waals surface area contributed by atoms with E-state index in [1.54, 1.807) is 43.5 Å². The van der Waals surface area contributed by atoms with Crippen molar-refractivity contribution in [3.8, 4) is 23.4 Å². The SMILES string of the molecule is CCCCOc1cccc(C(=O)c2c(C)c(C#N)c(=O)n(CCc3ccc(OC)cc3)c2O)c1. The Labute approximate surface area is 198 Å². The van der Waals surface area contributed by atoms with Gasteiger partial charge in [-0.15, -0.1) is 0 Å². The molecule has 2 aromatic carbocycles. The van der Waals surface area contributed by atoms with Crippen LogP contribution in [0.3, 0.4) is 0 Å². The van der Waals surface area contributed by atoms with E-state index in [0.717, 1.165) is 23.0 Å². The zero-order valence-corrected chi connectivity index (χ0v) is 19.6. The molecule has 3 rings (SSSR count). The van der Waals surface area contributed by atoms with E-state index in [0.29, 0.717) is 30.1 Å². The van der Waals surface area contributed by atoms with Crippen molar-refractivity contribution in [2.24, 2.45) is 0 Å². The summed E-state index contributed by atoms with van der Waals surface area (Å²) in [7, 11) is 1.58. The minimum Gasteiger partial charge on any atom is -0.497 e. The largest absolute Gasteiger partial charge is 0.497 e. The van der Waals surface area contributed by atoms with Crippen LogP contribution in [0.4, 0.5) is 0 Å². The summed E-state index contributed by atoms with van der Waals surface area (Å²) in [4.78, 5) is 26.3. The van der Waals surface area contributed by atoms with Gasteiger partial charge in [0.1, 0.15) is 23.1 Å². The third-order valence-electron chi connectivity index (χ3n) is 5.67. The molecule has 7 nitrogen and oxygen atoms in total. The predicted molar refractivity (Wildman–Crippen MR) is 129 cm³/mol. The molecular formula is C27H28N2O5. The summed E-state index contributed by atoms with van der Waals surface area (Å²) < 4.78 is 11.9. The van der Waals surface area contributed by atoms with E-state index in [1.165, 1.54) is 6.92 Å². The maximum Gasteiger partial charge on any atom is 0.271 e. The number of nitrogens with zero attached hydrogens (tertiary/aromatic N) is 2. The second kappa shape index (κ2) is 11.2. The molecule has 0 atom stereocenters. The summed E-state index contributed by atoms with van der Waals surface area (Å²) >= 11 is 0. The lowest BCUT2D eigenvalue weighted by Gasteiger charge is -2.16. The number of aryl methyl sites for hydroxylation is 1. The average molecular weight is 461 g/mol. The number of hydrogen-bond donors (Lipinski definition) is 1. The number of carbonyl (C=O) groups excluding carboxylic acids is 1. The Morgan fingerprint density at radius 2 is 1.88 bits per heavy atom. The number of nitriles is 1. The van der Waals surface area contributed by atoms with E-state index in [1.807, 2.05) is 18.2 Å². The van der Waals surface area contributed by atoms with Gasteiger partial charge in [0.05, 0.1) is 19.3 Å². The van der Waals surface area contributed by atoms with E-state index in [9.17, 15) is 20.0 Å². The molecule has 0 fully saturated rings. The molecule has 0 saturated heterocycles. The number of ether oxygens (including phenoxy) is 2. The van der Waals surface area contributed by atoms with Crippen LogP contribution in [-0.2, 0) is 13.0 Å². The van der Waals surface area contributed by atoms with E-state index < -0.39 is 17.2 Å². The summed E-state index contributed by atoms with van der Waals surface area (Å²) in [5, 5.41) is 20.6. The number of aromatic hydroxyl groups is 1. The van der Waals surface area contributed by atoms with Crippen LogP contribution in [0, 0.1) is 18.3 Å². The predicted octanol–water partition coefficient (Wildman–Crippen LogP) is 4.40. The molecule has 0 saturated carbocycles. The average Bonchev–Trinajstić information content (AvgIpc) is 2.85. The lowest BCUT2D eigenvalue weighted by atomic mass is 9.97. The number of methoxy groups -OCH3 is 1. The Hall–Kier alpha value is -4.05. The van der Waals surface area contributed by atoms with E-state index in [4.69, 9.17) is 9.47 Å². The third kappa shape index (κ3) is 5.29. The molecule has 1 aromatic heterocycles. The van der Waals surface area contributed by atoms with Gasteiger partial charge in [-0.1, -0.05) is 37.6 Å². The van der Waals surface area contributed by atoms with Crippen LogP contribution in [0.15, 0.2) is 53.3 Å². The monoisotopic (exact) mass is 460 g/mol. The lowest BCUT2D eigenvalue weighted by molar-refractivity contribution is 0.103. The summed E-state index contributed by atoms with van der Waals surface area (Å²) in [5.41, 5.74) is 0.530. The van der Waals surface area contributed by atoms with Gasteiger partial charge in [0, 0.05) is 12.1 Å². The molecule has 1 heterocycles. The first kappa shape index (κ1) is 24.6. The number of carbonyl (C=O) groups is 1. The molecule has 0 aliphatic heterocycles. The molecule has 0 unspecified atom stereocenters. The van der Waals surface area contributed by atoms with Crippen LogP contribution in [0.1, 0.15) is 52.4 Å². The van der Waals surface area contributed by atoms with Crippen molar-refractivity contribution in [2.75, 3.05) is 13.7 Å². The van der Waals surface area contributed by atoms with E-state index >= 15 is 0 Å². The zero-order valence-electron chi connectivity index (χ0n) is 19.6. The van der Waals surface area contributed by atoms with Crippen LogP contribution in [0.25, 0.3) is 0 Å². The second-order valence-corrected chi connectivity index (χ2v) is 7.92. The van der Waals surface area contributed by atoms with Crippen molar-refractivity contribution >= 4 is 5.78 Å². The Balaban J connectivity index is 1.97. The van der Waals surface area contributed by atoms with Crippen molar-refractivity contribution in [3.05, 3.63) is 86.7 Å². The summed E-state index contributed by atoms with van der Waals surface area (Å²) in [6, 6.07) is 15.9. The third-order valence-corrected chi connectivity index (χ3v) is 5.67. The maximum absolute atomic E-state index is 13.4. The molecule has 0 bridgehead atoms. The van der Waals surface area contributed by atoms with Gasteiger partial charge in [-0.05, 0) is 55.2 Å². The normalized spacial score (nSPS) is 10.5. The molecule has 0 aliphatic carbocycles. The first-order valence-electron chi connectivity index (χ1n) is 11.2. The molecule has 0 spiro atoms. The smallest absolute Gasteiger partial charge is 0.271 e. The molecule has 1 N–H and O–H groups in total. The Morgan fingerprint density at radius 1 is 1.15 bits per heavy atom. The molecule has 176 valence electrons. The van der Waals surface area contributed by atoms with Gasteiger partial charge in [0.25, 0.3) is 5.56 Å². The maximum atomic E-state index is 13.4. The van der Waals surface area contributed by atoms with Gasteiger partial charge in [-0.25, -0.2) is 0 Å². The number of hydrogen-bond acceptors (Lipinski definition) is 6. The van der Waals surface area contributed by atoms with Gasteiger partial charge < -0.3 is 14.6 Å². The topological polar surface area (TPSA) is 102 Å². The summed E-state index contributed by atoms with van der Waals surface area (Å²) in [5.74, 6) is 0.326. The summed E-state index contributed by atoms with van der Waals surface area (Å²) in [6.45, 7) is 4.20. The standard InChI is InChI=1S/C27H28N2O5/c1-4-5-15-34-22-8-6-7-20(16-22)25(30)24-18(2)23(17-28)26(31)29(27(24)32)14-13-19-9-11-21(33-3)12-10-19/h6-12,16,32H,4-5,13-15H2,1-3H3. The molecule has 7 heteroatoms. The van der Waals surface area contributed by atoms with Gasteiger partial charge >= 0.3 is 0 Å². The molecule has 0 amide bonds. The van der Waals surface area contributed by atoms with Crippen molar-refractivity contribution in [3.63, 3.8) is 0 Å². The Bertz CT molecular complexity index is 1270. The quantitative estimate of drug-likeness (QED) is 0.356. The fraction of sp³-hybridized carbons (Fsp3) is 0.296. The van der Waals surface area contributed by atoms with Crippen molar-refractivity contribution < 1.29 is 19.4 Å². The first-order valence-corrected chi connectivity index (χ1v) is 11.2. The van der Waals surface area contributed by atoms with E-state index in [-0.39, 0.29) is 23.2 Å². The number of rotatable bonds is 10. The highest BCUT2D eigenvalue weighted by molar-refractivity contribution is 6.11. The minimum atomic E-state index is -0.626. The van der Waals surface area contributed by atoms with Crippen LogP contribution in [0.2, 0.25) is 0 Å². The van der Waals surface area contributed by atoms with Crippen LogP contribution >= 0.6 is 0 Å². The highest BCUT2D eigenvalue weighted by Gasteiger charge is 2.25. The molecule has 34 heavy (non-hydrogen) atoms. The second-order valence-electron chi connectivity index (χ2n) is 7.92. The number of unbranched alkanes of at least 4 members (excludes halogenated alkanes) is 1. The van der Waals surface area contributed by atoms with Crippen molar-refractivity contribution in [1.82, 2.24) is 4.57 Å². The zero-order chi connectivity index (χ0) is 24.7.